The minimum Gasteiger partial charge on any atom is -0.264 e. The first-order valence-corrected chi connectivity index (χ1v) is 13.3. The van der Waals surface area contributed by atoms with Crippen molar-refractivity contribution in [3.05, 3.63) is 134 Å². The molecular formula is C36H22N4. The zero-order valence-corrected chi connectivity index (χ0v) is 21.5. The fraction of sp³-hybridized carbons (Fsp3) is 0. The summed E-state index contributed by atoms with van der Waals surface area (Å²) in [4.78, 5) is 19.1. The molecule has 4 nitrogen and oxygen atoms in total. The van der Waals surface area contributed by atoms with Crippen LogP contribution in [-0.2, 0) is 0 Å². The quantitative estimate of drug-likeness (QED) is 0.223. The Morgan fingerprint density at radius 2 is 1.05 bits per heavy atom. The average molecular weight is 511 g/mol. The molecule has 0 fully saturated rings. The van der Waals surface area contributed by atoms with Gasteiger partial charge in [0.25, 0.3) is 0 Å². The van der Waals surface area contributed by atoms with Crippen LogP contribution in [0.5, 0.6) is 0 Å². The summed E-state index contributed by atoms with van der Waals surface area (Å²) in [7, 11) is 0. The Morgan fingerprint density at radius 1 is 0.400 bits per heavy atom. The minimum atomic E-state index is 0.863. The first-order chi connectivity index (χ1) is 19.8. The largest absolute Gasteiger partial charge is 0.264 e. The number of rotatable bonds is 3. The lowest BCUT2D eigenvalue weighted by molar-refractivity contribution is 1.28. The predicted octanol–water partition coefficient (Wildman–Crippen LogP) is 8.88. The van der Waals surface area contributed by atoms with Crippen molar-refractivity contribution in [2.45, 2.75) is 0 Å². The van der Waals surface area contributed by atoms with Gasteiger partial charge in [-0.25, -0.2) is 9.97 Å². The lowest BCUT2D eigenvalue weighted by Crippen LogP contribution is -1.92. The van der Waals surface area contributed by atoms with Crippen LogP contribution >= 0.6 is 0 Å². The van der Waals surface area contributed by atoms with Crippen LogP contribution in [0.1, 0.15) is 0 Å². The highest BCUT2D eigenvalue weighted by Crippen LogP contribution is 2.36. The second kappa shape index (κ2) is 9.07. The summed E-state index contributed by atoms with van der Waals surface area (Å²) in [6.45, 7) is 0. The molecule has 0 atom stereocenters. The van der Waals surface area contributed by atoms with Gasteiger partial charge in [-0.2, -0.15) is 0 Å². The number of fused-ring (bicyclic) bond motifs is 6. The normalized spacial score (nSPS) is 11.5. The Bertz CT molecular complexity index is 2220. The number of hydrogen-bond acceptors (Lipinski definition) is 4. The molecule has 0 aliphatic heterocycles. The smallest absolute Gasteiger partial charge is 0.0972 e. The molecule has 0 spiro atoms. The third kappa shape index (κ3) is 3.69. The molecule has 8 aromatic rings. The summed E-state index contributed by atoms with van der Waals surface area (Å²) in [6, 6.07) is 38.1. The van der Waals surface area contributed by atoms with Crippen LogP contribution in [0.2, 0.25) is 0 Å². The average Bonchev–Trinajstić information content (AvgIpc) is 3.04. The summed E-state index contributed by atoms with van der Waals surface area (Å²) < 4.78 is 0. The molecule has 0 aliphatic rings. The Labute approximate surface area is 230 Å². The lowest BCUT2D eigenvalue weighted by atomic mass is 9.95. The van der Waals surface area contributed by atoms with Crippen molar-refractivity contribution in [3.63, 3.8) is 0 Å². The Kier molecular flexibility index (Phi) is 5.10. The molecule has 0 aliphatic carbocycles. The number of aromatic nitrogens is 4. The van der Waals surface area contributed by atoms with Crippen molar-refractivity contribution in [1.82, 2.24) is 19.9 Å². The molecule has 40 heavy (non-hydrogen) atoms. The highest BCUT2D eigenvalue weighted by atomic mass is 14.8. The number of hydrogen-bond donors (Lipinski definition) is 0. The highest BCUT2D eigenvalue weighted by Gasteiger charge is 2.13. The summed E-state index contributed by atoms with van der Waals surface area (Å²) in [5, 5.41) is 7.00. The van der Waals surface area contributed by atoms with Crippen molar-refractivity contribution < 1.29 is 0 Å². The summed E-state index contributed by atoms with van der Waals surface area (Å²) in [5.74, 6) is 0. The van der Waals surface area contributed by atoms with Gasteiger partial charge in [-0.1, -0.05) is 78.9 Å². The molecule has 0 saturated heterocycles. The first kappa shape index (κ1) is 22.5. The van der Waals surface area contributed by atoms with Gasteiger partial charge >= 0.3 is 0 Å². The van der Waals surface area contributed by atoms with E-state index < -0.39 is 0 Å². The van der Waals surface area contributed by atoms with Crippen molar-refractivity contribution in [2.75, 3.05) is 0 Å². The molecule has 4 heteroatoms. The second-order valence-corrected chi connectivity index (χ2v) is 10.00. The molecule has 0 radical (unpaired) electrons. The summed E-state index contributed by atoms with van der Waals surface area (Å²) in [6.07, 6.45) is 7.35. The van der Waals surface area contributed by atoms with Crippen LogP contribution in [0.25, 0.3) is 77.0 Å². The van der Waals surface area contributed by atoms with E-state index in [2.05, 4.69) is 107 Å². The zero-order chi connectivity index (χ0) is 26.5. The molecule has 4 heterocycles. The SMILES string of the molecule is c1cncc(-c2cncc(-c3ccc4ccc5ccc(-c6cc7ccccc7c7ccccc67)nc5c4n3)c2)c1. The third-order valence-corrected chi connectivity index (χ3v) is 7.59. The van der Waals surface area contributed by atoms with Crippen molar-refractivity contribution in [3.8, 4) is 33.6 Å². The Hall–Kier alpha value is -5.48. The molecule has 0 N–H and O–H groups in total. The van der Waals surface area contributed by atoms with Gasteiger partial charge in [-0.05, 0) is 51.9 Å². The van der Waals surface area contributed by atoms with Gasteiger partial charge in [0.1, 0.15) is 0 Å². The van der Waals surface area contributed by atoms with E-state index in [1.54, 1.807) is 6.20 Å². The molecule has 0 unspecified atom stereocenters. The van der Waals surface area contributed by atoms with Gasteiger partial charge in [0, 0.05) is 57.8 Å². The molecular weight excluding hydrogens is 488 g/mol. The van der Waals surface area contributed by atoms with E-state index in [0.717, 1.165) is 55.4 Å². The molecule has 0 amide bonds. The lowest BCUT2D eigenvalue weighted by Gasteiger charge is -2.12. The fourth-order valence-corrected chi connectivity index (χ4v) is 5.62. The molecule has 186 valence electrons. The topological polar surface area (TPSA) is 51.6 Å². The van der Waals surface area contributed by atoms with Crippen LogP contribution in [0, 0.1) is 0 Å². The second-order valence-electron chi connectivity index (χ2n) is 10.00. The van der Waals surface area contributed by atoms with E-state index in [9.17, 15) is 0 Å². The standard InChI is InChI=1S/C36H22N4/c1-2-8-29-25(6-1)19-32(31-10-4-3-9-30(29)31)34-16-14-24-12-11-23-13-15-33(39-35(23)36(24)40-34)28-18-27(21-38-22-28)26-7-5-17-37-20-26/h1-22H. The van der Waals surface area contributed by atoms with Crippen LogP contribution in [0.15, 0.2) is 134 Å². The van der Waals surface area contributed by atoms with Crippen molar-refractivity contribution >= 4 is 43.4 Å². The molecule has 8 rings (SSSR count). The summed E-state index contributed by atoms with van der Waals surface area (Å²) >= 11 is 0. The highest BCUT2D eigenvalue weighted by molar-refractivity contribution is 6.14. The first-order valence-electron chi connectivity index (χ1n) is 13.3. The van der Waals surface area contributed by atoms with Gasteiger partial charge in [-0.3, -0.25) is 9.97 Å². The van der Waals surface area contributed by atoms with Crippen LogP contribution in [0.4, 0.5) is 0 Å². The van der Waals surface area contributed by atoms with Gasteiger partial charge in [0.05, 0.1) is 22.4 Å². The van der Waals surface area contributed by atoms with Gasteiger partial charge in [0.2, 0.25) is 0 Å². The van der Waals surface area contributed by atoms with E-state index in [1.165, 1.54) is 21.5 Å². The van der Waals surface area contributed by atoms with E-state index in [4.69, 9.17) is 9.97 Å². The van der Waals surface area contributed by atoms with Gasteiger partial charge in [0.15, 0.2) is 0 Å². The molecule has 4 aromatic carbocycles. The van der Waals surface area contributed by atoms with E-state index in [0.29, 0.717) is 0 Å². The maximum atomic E-state index is 5.24. The van der Waals surface area contributed by atoms with Gasteiger partial charge in [-0.15, -0.1) is 0 Å². The van der Waals surface area contributed by atoms with Crippen LogP contribution in [0.3, 0.4) is 0 Å². The maximum absolute atomic E-state index is 5.24. The number of pyridine rings is 4. The predicted molar refractivity (Wildman–Crippen MR) is 164 cm³/mol. The monoisotopic (exact) mass is 510 g/mol. The van der Waals surface area contributed by atoms with E-state index in [1.807, 2.05) is 30.7 Å². The van der Waals surface area contributed by atoms with Crippen LogP contribution in [-0.4, -0.2) is 19.9 Å². The number of nitrogens with zero attached hydrogens (tertiary/aromatic N) is 4. The minimum absolute atomic E-state index is 0.863. The van der Waals surface area contributed by atoms with Crippen LogP contribution < -0.4 is 0 Å². The number of benzene rings is 4. The fourth-order valence-electron chi connectivity index (χ4n) is 5.62. The third-order valence-electron chi connectivity index (χ3n) is 7.59. The van der Waals surface area contributed by atoms with Crippen molar-refractivity contribution in [2.24, 2.45) is 0 Å². The molecule has 0 saturated carbocycles. The van der Waals surface area contributed by atoms with E-state index >= 15 is 0 Å². The molecule has 0 bridgehead atoms. The van der Waals surface area contributed by atoms with E-state index in [-0.39, 0.29) is 0 Å². The Balaban J connectivity index is 1.33. The van der Waals surface area contributed by atoms with Crippen molar-refractivity contribution in [1.29, 1.82) is 0 Å². The summed E-state index contributed by atoms with van der Waals surface area (Å²) in [5.41, 5.74) is 7.69. The molecule has 4 aromatic heterocycles. The Morgan fingerprint density at radius 3 is 1.85 bits per heavy atom. The van der Waals surface area contributed by atoms with Gasteiger partial charge < -0.3 is 0 Å². The zero-order valence-electron chi connectivity index (χ0n) is 21.5. The maximum Gasteiger partial charge on any atom is 0.0972 e.